The van der Waals surface area contributed by atoms with Crippen LogP contribution in [-0.2, 0) is 9.53 Å². The zero-order valence-electron chi connectivity index (χ0n) is 13.4. The normalized spacial score (nSPS) is 14.9. The van der Waals surface area contributed by atoms with Crippen molar-refractivity contribution in [3.05, 3.63) is 12.2 Å². The molecule has 0 spiro atoms. The van der Waals surface area contributed by atoms with Crippen molar-refractivity contribution in [1.82, 2.24) is 0 Å². The quantitative estimate of drug-likeness (QED) is 0.198. The smallest absolute Gasteiger partial charge is 0.393 e. The van der Waals surface area contributed by atoms with Crippen LogP contribution in [0.5, 0.6) is 0 Å². The Hall–Kier alpha value is -1.49. The number of esters is 1. The van der Waals surface area contributed by atoms with Gasteiger partial charge in [-0.25, -0.2) is 9.18 Å². The molecule has 0 fully saturated rings. The summed E-state index contributed by atoms with van der Waals surface area (Å²) in [6.45, 7) is 3.58. The Morgan fingerprint density at radius 3 is 1.88 bits per heavy atom. The van der Waals surface area contributed by atoms with Crippen LogP contribution in [0.3, 0.4) is 0 Å². The van der Waals surface area contributed by atoms with E-state index < -0.39 is 73.9 Å². The van der Waals surface area contributed by atoms with Crippen molar-refractivity contribution in [3.8, 4) is 0 Å². The third-order valence-corrected chi connectivity index (χ3v) is 3.16. The second-order valence-corrected chi connectivity index (χ2v) is 5.57. The molecular formula is C14H16F10O2. The molecule has 0 aromatic carbocycles. The summed E-state index contributed by atoms with van der Waals surface area (Å²) in [6.07, 6.45) is -18.7. The summed E-state index contributed by atoms with van der Waals surface area (Å²) in [5, 5.41) is 0. The van der Waals surface area contributed by atoms with E-state index in [1.807, 2.05) is 0 Å². The van der Waals surface area contributed by atoms with E-state index in [4.69, 9.17) is 0 Å². The molecule has 1 unspecified atom stereocenters. The standard InChI is InChI=1S/C14H16F10O2/c1-8(2)10(25)26-14(23,24)13(21,22)12(19,20)9(15)6-4-3-5-7-11(16,17)18/h9H,1,3-7H2,2H3. The zero-order valence-corrected chi connectivity index (χ0v) is 13.4. The van der Waals surface area contributed by atoms with Crippen molar-refractivity contribution in [3.63, 3.8) is 0 Å². The van der Waals surface area contributed by atoms with Gasteiger partial charge < -0.3 is 4.74 Å². The second-order valence-electron chi connectivity index (χ2n) is 5.57. The molecule has 0 rings (SSSR count). The topological polar surface area (TPSA) is 26.3 Å². The van der Waals surface area contributed by atoms with E-state index in [0.29, 0.717) is 0 Å². The van der Waals surface area contributed by atoms with Crippen LogP contribution in [0, 0.1) is 0 Å². The highest BCUT2D eigenvalue weighted by Gasteiger charge is 2.77. The molecule has 2 nitrogen and oxygen atoms in total. The van der Waals surface area contributed by atoms with Gasteiger partial charge in [0.05, 0.1) is 0 Å². The number of carbonyl (C=O) groups is 1. The summed E-state index contributed by atoms with van der Waals surface area (Å²) in [5.41, 5.74) is -0.787. The monoisotopic (exact) mass is 406 g/mol. The van der Waals surface area contributed by atoms with Gasteiger partial charge in [-0.15, -0.1) is 0 Å². The number of alkyl halides is 10. The Kier molecular flexibility index (Phi) is 7.98. The molecule has 154 valence electrons. The van der Waals surface area contributed by atoms with Crippen molar-refractivity contribution in [2.75, 3.05) is 0 Å². The molecule has 0 bridgehead atoms. The average molecular weight is 406 g/mol. The van der Waals surface area contributed by atoms with Crippen molar-refractivity contribution in [2.45, 2.75) is 69.3 Å². The number of rotatable bonds is 10. The summed E-state index contributed by atoms with van der Waals surface area (Å²) in [4.78, 5) is 10.9. The molecule has 0 aromatic rings. The van der Waals surface area contributed by atoms with Crippen LogP contribution in [0.2, 0.25) is 0 Å². The van der Waals surface area contributed by atoms with Gasteiger partial charge >= 0.3 is 30.1 Å². The van der Waals surface area contributed by atoms with E-state index in [-0.39, 0.29) is 0 Å². The highest BCUT2D eigenvalue weighted by Crippen LogP contribution is 2.49. The van der Waals surface area contributed by atoms with Crippen LogP contribution in [0.4, 0.5) is 43.9 Å². The lowest BCUT2D eigenvalue weighted by Crippen LogP contribution is -2.59. The molecule has 0 saturated heterocycles. The van der Waals surface area contributed by atoms with Gasteiger partial charge in [-0.05, 0) is 19.8 Å². The summed E-state index contributed by atoms with van der Waals surface area (Å²) >= 11 is 0. The van der Waals surface area contributed by atoms with E-state index in [1.54, 1.807) is 0 Å². The predicted molar refractivity (Wildman–Crippen MR) is 69.8 cm³/mol. The molecular weight excluding hydrogens is 390 g/mol. The number of carbonyl (C=O) groups excluding carboxylic acids is 1. The summed E-state index contributed by atoms with van der Waals surface area (Å²) in [5.74, 6) is -14.4. The molecule has 0 aromatic heterocycles. The summed E-state index contributed by atoms with van der Waals surface area (Å²) in [6, 6.07) is 0. The SMILES string of the molecule is C=C(C)C(=O)OC(F)(F)C(F)(F)C(F)(F)C(F)CCCCCC(F)(F)F. The van der Waals surface area contributed by atoms with Crippen LogP contribution in [-0.4, -0.2) is 36.3 Å². The Bertz CT molecular complexity index is 498. The maximum Gasteiger partial charge on any atom is 0.473 e. The second kappa shape index (κ2) is 8.47. The molecule has 0 saturated carbocycles. The predicted octanol–water partition coefficient (Wildman–Crippen LogP) is 5.82. The highest BCUT2D eigenvalue weighted by atomic mass is 19.4. The first-order chi connectivity index (χ1) is 11.5. The van der Waals surface area contributed by atoms with Gasteiger partial charge in [0.1, 0.15) is 0 Å². The lowest BCUT2D eigenvalue weighted by molar-refractivity contribution is -0.392. The first-order valence-electron chi connectivity index (χ1n) is 7.19. The molecule has 0 radical (unpaired) electrons. The van der Waals surface area contributed by atoms with Gasteiger partial charge in [-0.1, -0.05) is 19.4 Å². The van der Waals surface area contributed by atoms with Crippen molar-refractivity contribution >= 4 is 5.97 Å². The number of halogens is 10. The number of ether oxygens (including phenoxy) is 1. The molecule has 0 amide bonds. The van der Waals surface area contributed by atoms with Gasteiger partial charge in [0.2, 0.25) is 0 Å². The van der Waals surface area contributed by atoms with Gasteiger partial charge in [0.25, 0.3) is 0 Å². The average Bonchev–Trinajstić information content (AvgIpc) is 2.44. The molecule has 0 aliphatic carbocycles. The van der Waals surface area contributed by atoms with Crippen LogP contribution in [0.15, 0.2) is 12.2 Å². The minimum Gasteiger partial charge on any atom is -0.393 e. The molecule has 26 heavy (non-hydrogen) atoms. The summed E-state index contributed by atoms with van der Waals surface area (Å²) in [7, 11) is 0. The number of unbranched alkanes of at least 4 members (excludes halogenated alkanes) is 2. The van der Waals surface area contributed by atoms with Crippen molar-refractivity contribution < 1.29 is 53.4 Å². The minimum absolute atomic E-state index is 0.428. The largest absolute Gasteiger partial charge is 0.473 e. The molecule has 1 atom stereocenters. The Morgan fingerprint density at radius 2 is 1.46 bits per heavy atom. The fraction of sp³-hybridized carbons (Fsp3) is 0.786. The number of hydrogen-bond acceptors (Lipinski definition) is 2. The first kappa shape index (κ1) is 24.5. The molecule has 0 N–H and O–H groups in total. The minimum atomic E-state index is -6.39. The Balaban J connectivity index is 4.91. The Morgan fingerprint density at radius 1 is 0.962 bits per heavy atom. The van der Waals surface area contributed by atoms with Crippen molar-refractivity contribution in [1.29, 1.82) is 0 Å². The van der Waals surface area contributed by atoms with E-state index >= 15 is 0 Å². The maximum atomic E-state index is 13.4. The maximum absolute atomic E-state index is 13.4. The van der Waals surface area contributed by atoms with Crippen molar-refractivity contribution in [2.24, 2.45) is 0 Å². The highest BCUT2D eigenvalue weighted by molar-refractivity contribution is 5.87. The van der Waals surface area contributed by atoms with E-state index in [9.17, 15) is 48.7 Å². The zero-order chi connectivity index (χ0) is 21.0. The fourth-order valence-electron chi connectivity index (χ4n) is 1.67. The van der Waals surface area contributed by atoms with Crippen LogP contribution in [0.1, 0.15) is 39.0 Å². The molecule has 0 aliphatic rings. The lowest BCUT2D eigenvalue weighted by atomic mass is 10.00. The van der Waals surface area contributed by atoms with Crippen LogP contribution < -0.4 is 0 Å². The van der Waals surface area contributed by atoms with Crippen LogP contribution in [0.25, 0.3) is 0 Å². The number of hydrogen-bond donors (Lipinski definition) is 0. The van der Waals surface area contributed by atoms with Gasteiger partial charge in [0, 0.05) is 12.0 Å². The van der Waals surface area contributed by atoms with E-state index in [0.717, 1.165) is 6.92 Å². The van der Waals surface area contributed by atoms with Gasteiger partial charge in [0.15, 0.2) is 6.17 Å². The van der Waals surface area contributed by atoms with Gasteiger partial charge in [-0.3, -0.25) is 0 Å². The van der Waals surface area contributed by atoms with Crippen LogP contribution >= 0.6 is 0 Å². The molecule has 0 aliphatic heterocycles. The fourth-order valence-corrected chi connectivity index (χ4v) is 1.67. The lowest BCUT2D eigenvalue weighted by Gasteiger charge is -2.33. The van der Waals surface area contributed by atoms with E-state index in [2.05, 4.69) is 11.3 Å². The Labute approximate surface area is 142 Å². The molecule has 0 heterocycles. The summed E-state index contributed by atoms with van der Waals surface area (Å²) < 4.78 is 132. The molecule has 12 heteroatoms. The first-order valence-corrected chi connectivity index (χ1v) is 7.19. The third kappa shape index (κ3) is 6.35. The van der Waals surface area contributed by atoms with E-state index in [1.165, 1.54) is 0 Å². The third-order valence-electron chi connectivity index (χ3n) is 3.16. The van der Waals surface area contributed by atoms with Gasteiger partial charge in [-0.2, -0.15) is 39.5 Å².